The minimum Gasteiger partial charge on any atom is -0.465 e. The summed E-state index contributed by atoms with van der Waals surface area (Å²) in [6, 6.07) is 10.4. The van der Waals surface area contributed by atoms with Gasteiger partial charge in [-0.1, -0.05) is 24.3 Å². The molecular formula is C21H17N7O4. The van der Waals surface area contributed by atoms with E-state index in [1.54, 1.807) is 37.4 Å². The normalized spacial score (nSPS) is 11.1. The highest BCUT2D eigenvalue weighted by Crippen LogP contribution is 2.40. The molecule has 0 fully saturated rings. The summed E-state index contributed by atoms with van der Waals surface area (Å²) in [7, 11) is 2.86. The number of benzene rings is 2. The van der Waals surface area contributed by atoms with Crippen molar-refractivity contribution in [1.29, 1.82) is 0 Å². The van der Waals surface area contributed by atoms with Crippen molar-refractivity contribution in [3.63, 3.8) is 0 Å². The first-order valence-corrected chi connectivity index (χ1v) is 9.32. The predicted molar refractivity (Wildman–Crippen MR) is 113 cm³/mol. The fourth-order valence-electron chi connectivity index (χ4n) is 3.07. The van der Waals surface area contributed by atoms with Crippen molar-refractivity contribution in [2.24, 2.45) is 23.0 Å². The third-order valence-corrected chi connectivity index (χ3v) is 4.53. The van der Waals surface area contributed by atoms with Crippen LogP contribution in [0.1, 0.15) is 20.7 Å². The van der Waals surface area contributed by atoms with Crippen LogP contribution in [0.4, 0.5) is 11.5 Å². The van der Waals surface area contributed by atoms with Crippen LogP contribution >= 0.6 is 0 Å². The molecule has 0 aliphatic rings. The molecule has 160 valence electrons. The summed E-state index contributed by atoms with van der Waals surface area (Å²) in [5.41, 5.74) is 6.10. The summed E-state index contributed by atoms with van der Waals surface area (Å²) in [6.45, 7) is 0. The molecule has 1 amide bonds. The van der Waals surface area contributed by atoms with E-state index in [9.17, 15) is 9.59 Å². The number of nitrogens with zero attached hydrogens (tertiary/aromatic N) is 6. The van der Waals surface area contributed by atoms with Crippen LogP contribution in [0, 0.1) is 0 Å². The zero-order chi connectivity index (χ0) is 22.7. The lowest BCUT2D eigenvalue weighted by molar-refractivity contribution is 0.0601. The molecule has 4 rings (SSSR count). The Morgan fingerprint density at radius 3 is 2.56 bits per heavy atom. The third-order valence-electron chi connectivity index (χ3n) is 4.53. The Balaban J connectivity index is 1.92. The number of aromatic nitrogens is 4. The van der Waals surface area contributed by atoms with Crippen molar-refractivity contribution in [3.8, 4) is 11.8 Å². The van der Waals surface area contributed by atoms with Crippen LogP contribution in [0.15, 0.2) is 65.2 Å². The second-order valence-corrected chi connectivity index (χ2v) is 6.52. The monoisotopic (exact) mass is 431 g/mol. The summed E-state index contributed by atoms with van der Waals surface area (Å²) in [5, 5.41) is 13.7. The summed E-state index contributed by atoms with van der Waals surface area (Å²) < 4.78 is 11.9. The minimum absolute atomic E-state index is 0.00230. The van der Waals surface area contributed by atoms with E-state index in [2.05, 4.69) is 25.3 Å². The Hall–Kier alpha value is -4.67. The van der Waals surface area contributed by atoms with Crippen molar-refractivity contribution in [3.05, 3.63) is 66.1 Å². The Kier molecular flexibility index (Phi) is 5.53. The van der Waals surface area contributed by atoms with E-state index in [-0.39, 0.29) is 34.4 Å². The van der Waals surface area contributed by atoms with Gasteiger partial charge in [-0.05, 0) is 22.9 Å². The van der Waals surface area contributed by atoms with E-state index >= 15 is 0 Å². The smallest absolute Gasteiger partial charge is 0.343 e. The van der Waals surface area contributed by atoms with Crippen LogP contribution in [0.5, 0.6) is 11.8 Å². The van der Waals surface area contributed by atoms with Gasteiger partial charge in [0.05, 0.1) is 18.9 Å². The standard InChI is InChI=1S/C21H17N7O4/c1-28-19(14(11-25-28)20(30)31-2)27-26-15-10-12-6-3-4-7-13(12)16(18(22)29)17(15)32-21-23-8-5-9-24-21/h3-11H,1-2H3,(H2,22,29)/b27-26+. The van der Waals surface area contributed by atoms with Gasteiger partial charge in [0.15, 0.2) is 11.6 Å². The number of carbonyl (C=O) groups excluding carboxylic acids is 2. The van der Waals surface area contributed by atoms with Crippen molar-refractivity contribution < 1.29 is 19.1 Å². The lowest BCUT2D eigenvalue weighted by Gasteiger charge is -2.13. The number of aryl methyl sites for hydroxylation is 1. The third kappa shape index (κ3) is 3.86. The van der Waals surface area contributed by atoms with Gasteiger partial charge in [-0.15, -0.1) is 10.2 Å². The molecule has 32 heavy (non-hydrogen) atoms. The first-order valence-electron chi connectivity index (χ1n) is 9.32. The molecule has 2 aromatic heterocycles. The Morgan fingerprint density at radius 1 is 1.09 bits per heavy atom. The van der Waals surface area contributed by atoms with Crippen LogP contribution in [-0.4, -0.2) is 38.7 Å². The Bertz CT molecular complexity index is 1350. The maximum absolute atomic E-state index is 12.4. The predicted octanol–water partition coefficient (Wildman–Crippen LogP) is 3.46. The van der Waals surface area contributed by atoms with Crippen LogP contribution in [0.2, 0.25) is 0 Å². The van der Waals surface area contributed by atoms with E-state index in [0.29, 0.717) is 10.8 Å². The number of primary amides is 1. The molecule has 0 saturated carbocycles. The molecule has 11 nitrogen and oxygen atoms in total. The number of amides is 1. The molecule has 0 spiro atoms. The van der Waals surface area contributed by atoms with E-state index in [4.69, 9.17) is 15.2 Å². The number of methoxy groups -OCH3 is 1. The van der Waals surface area contributed by atoms with Crippen LogP contribution in [0.3, 0.4) is 0 Å². The Labute approximate surface area is 181 Å². The van der Waals surface area contributed by atoms with Crippen LogP contribution < -0.4 is 10.5 Å². The largest absolute Gasteiger partial charge is 0.465 e. The van der Waals surface area contributed by atoms with E-state index in [1.807, 2.05) is 6.07 Å². The van der Waals surface area contributed by atoms with Crippen molar-refractivity contribution in [2.45, 2.75) is 0 Å². The number of azo groups is 1. The summed E-state index contributed by atoms with van der Waals surface area (Å²) in [4.78, 5) is 32.5. The van der Waals surface area contributed by atoms with E-state index in [0.717, 1.165) is 0 Å². The van der Waals surface area contributed by atoms with Crippen molar-refractivity contribution in [2.75, 3.05) is 7.11 Å². The maximum atomic E-state index is 12.4. The zero-order valence-electron chi connectivity index (χ0n) is 17.1. The molecule has 0 saturated heterocycles. The molecule has 0 aliphatic carbocycles. The highest BCUT2D eigenvalue weighted by molar-refractivity contribution is 6.11. The highest BCUT2D eigenvalue weighted by Gasteiger charge is 2.22. The summed E-state index contributed by atoms with van der Waals surface area (Å²) in [5.74, 6) is -1.14. The van der Waals surface area contributed by atoms with Crippen LogP contribution in [-0.2, 0) is 11.8 Å². The second kappa shape index (κ2) is 8.60. The van der Waals surface area contributed by atoms with Crippen LogP contribution in [0.25, 0.3) is 10.8 Å². The van der Waals surface area contributed by atoms with Gasteiger partial charge in [-0.2, -0.15) is 5.10 Å². The van der Waals surface area contributed by atoms with Crippen molar-refractivity contribution in [1.82, 2.24) is 19.7 Å². The number of esters is 1. The quantitative estimate of drug-likeness (QED) is 0.363. The highest BCUT2D eigenvalue weighted by atomic mass is 16.5. The molecule has 2 N–H and O–H groups in total. The van der Waals surface area contributed by atoms with Gasteiger partial charge in [0.2, 0.25) is 0 Å². The lowest BCUT2D eigenvalue weighted by Crippen LogP contribution is -2.13. The molecule has 11 heteroatoms. The Morgan fingerprint density at radius 2 is 1.84 bits per heavy atom. The molecule has 2 aromatic carbocycles. The van der Waals surface area contributed by atoms with Gasteiger partial charge in [0, 0.05) is 19.4 Å². The molecule has 0 atom stereocenters. The summed E-state index contributed by atoms with van der Waals surface area (Å²) in [6.07, 6.45) is 4.31. The second-order valence-electron chi connectivity index (χ2n) is 6.52. The van der Waals surface area contributed by atoms with Gasteiger partial charge in [-0.25, -0.2) is 19.4 Å². The molecule has 0 radical (unpaired) electrons. The topological polar surface area (TPSA) is 147 Å². The molecule has 0 aliphatic heterocycles. The maximum Gasteiger partial charge on any atom is 0.343 e. The molecule has 4 aromatic rings. The van der Waals surface area contributed by atoms with Gasteiger partial charge in [-0.3, -0.25) is 4.79 Å². The molecule has 0 bridgehead atoms. The van der Waals surface area contributed by atoms with Gasteiger partial charge < -0.3 is 15.2 Å². The number of ether oxygens (including phenoxy) is 2. The molecule has 0 unspecified atom stereocenters. The minimum atomic E-state index is -0.722. The number of nitrogens with two attached hydrogens (primary N) is 1. The SMILES string of the molecule is COC(=O)c1cnn(C)c1/N=N/c1cc2ccccc2c(C(N)=O)c1Oc1ncccn1. The first-order chi connectivity index (χ1) is 15.5. The number of fused-ring (bicyclic) bond motifs is 1. The average Bonchev–Trinajstić information content (AvgIpc) is 3.17. The van der Waals surface area contributed by atoms with Gasteiger partial charge >= 0.3 is 12.0 Å². The van der Waals surface area contributed by atoms with Crippen molar-refractivity contribution >= 4 is 34.2 Å². The molecular weight excluding hydrogens is 414 g/mol. The van der Waals surface area contributed by atoms with E-state index in [1.165, 1.54) is 30.4 Å². The number of rotatable bonds is 6. The lowest BCUT2D eigenvalue weighted by atomic mass is 10.0. The average molecular weight is 431 g/mol. The number of carbonyl (C=O) groups is 2. The molecule has 2 heterocycles. The first kappa shape index (κ1) is 20.6. The fourth-order valence-corrected chi connectivity index (χ4v) is 3.07. The van der Waals surface area contributed by atoms with E-state index < -0.39 is 11.9 Å². The number of hydrogen-bond acceptors (Lipinski definition) is 9. The fraction of sp³-hybridized carbons (Fsp3) is 0.0952. The van der Waals surface area contributed by atoms with Gasteiger partial charge in [0.1, 0.15) is 11.3 Å². The zero-order valence-corrected chi connectivity index (χ0v) is 17.1. The summed E-state index contributed by atoms with van der Waals surface area (Å²) >= 11 is 0. The number of hydrogen-bond donors (Lipinski definition) is 1. The van der Waals surface area contributed by atoms with Gasteiger partial charge in [0.25, 0.3) is 5.91 Å².